The van der Waals surface area contributed by atoms with Crippen LogP contribution in [0.15, 0.2) is 35.3 Å². The third kappa shape index (κ3) is 3.66. The molecular formula is C13H19NO2. The first-order valence-electron chi connectivity index (χ1n) is 5.32. The first kappa shape index (κ1) is 12.7. The van der Waals surface area contributed by atoms with E-state index in [-0.39, 0.29) is 11.5 Å². The van der Waals surface area contributed by atoms with E-state index in [1.807, 2.05) is 18.2 Å². The first-order valence-corrected chi connectivity index (χ1v) is 5.32. The maximum Gasteiger partial charge on any atom is 0.215 e. The molecule has 0 heterocycles. The molecule has 0 unspecified atom stereocenters. The third-order valence-corrected chi connectivity index (χ3v) is 2.28. The molecule has 0 spiro atoms. The lowest BCUT2D eigenvalue weighted by molar-refractivity contribution is -0.188. The van der Waals surface area contributed by atoms with Gasteiger partial charge in [0.2, 0.25) is 6.40 Å². The molecule has 0 radical (unpaired) electrons. The van der Waals surface area contributed by atoms with Crippen LogP contribution in [0.3, 0.4) is 0 Å². The Morgan fingerprint density at radius 1 is 1.19 bits per heavy atom. The van der Waals surface area contributed by atoms with Gasteiger partial charge < -0.3 is 4.89 Å². The molecule has 1 aromatic carbocycles. The van der Waals surface area contributed by atoms with Gasteiger partial charge in [0.25, 0.3) is 0 Å². The van der Waals surface area contributed by atoms with Gasteiger partial charge in [-0.3, -0.25) is 0 Å². The Hall–Kier alpha value is -1.35. The lowest BCUT2D eigenvalue weighted by Gasteiger charge is -2.27. The number of nitrogens with zero attached hydrogens (tertiary/aromatic N) is 1. The molecule has 88 valence electrons. The summed E-state index contributed by atoms with van der Waals surface area (Å²) in [5.74, 6) is 0. The van der Waals surface area contributed by atoms with E-state index in [1.165, 1.54) is 19.1 Å². The number of aliphatic imine (C=N–C) groups is 1. The Morgan fingerprint density at radius 3 is 2.31 bits per heavy atom. The van der Waals surface area contributed by atoms with E-state index in [4.69, 9.17) is 0 Å². The zero-order valence-electron chi connectivity index (χ0n) is 10.3. The predicted octanol–water partition coefficient (Wildman–Crippen LogP) is 3.38. The maximum atomic E-state index is 4.69. The molecular weight excluding hydrogens is 202 g/mol. The summed E-state index contributed by atoms with van der Waals surface area (Å²) >= 11 is 0. The summed E-state index contributed by atoms with van der Waals surface area (Å²) in [6.45, 7) is 6.44. The highest BCUT2D eigenvalue weighted by Crippen LogP contribution is 2.35. The summed E-state index contributed by atoms with van der Waals surface area (Å²) in [7, 11) is 1.46. The van der Waals surface area contributed by atoms with Gasteiger partial charge in [0.05, 0.1) is 13.2 Å². The van der Waals surface area contributed by atoms with Crippen LogP contribution in [0.4, 0.5) is 0 Å². The highest BCUT2D eigenvalue weighted by atomic mass is 17.2. The van der Waals surface area contributed by atoms with E-state index in [0.717, 1.165) is 0 Å². The van der Waals surface area contributed by atoms with E-state index in [9.17, 15) is 0 Å². The molecule has 0 aliphatic rings. The summed E-state index contributed by atoms with van der Waals surface area (Å²) < 4.78 is 0. The summed E-state index contributed by atoms with van der Waals surface area (Å²) in [4.78, 5) is 13.6. The van der Waals surface area contributed by atoms with Gasteiger partial charge in [-0.15, -0.1) is 0 Å². The minimum absolute atomic E-state index is 0.0367. The van der Waals surface area contributed by atoms with Crippen LogP contribution < -0.4 is 0 Å². The molecule has 0 bridgehead atoms. The SMILES string of the molecule is COOC=N[C@@H](c1ccccc1)C(C)(C)C. The summed E-state index contributed by atoms with van der Waals surface area (Å²) in [6.07, 6.45) is 1.35. The van der Waals surface area contributed by atoms with Crippen molar-refractivity contribution in [2.45, 2.75) is 26.8 Å². The molecule has 0 amide bonds. The molecule has 0 aromatic heterocycles. The number of hydrogen-bond acceptors (Lipinski definition) is 3. The van der Waals surface area contributed by atoms with Crippen molar-refractivity contribution in [1.82, 2.24) is 0 Å². The van der Waals surface area contributed by atoms with Crippen LogP contribution in [0.25, 0.3) is 0 Å². The van der Waals surface area contributed by atoms with Gasteiger partial charge in [-0.1, -0.05) is 51.1 Å². The summed E-state index contributed by atoms with van der Waals surface area (Å²) in [5, 5.41) is 0. The van der Waals surface area contributed by atoms with E-state index >= 15 is 0 Å². The minimum Gasteiger partial charge on any atom is -0.326 e. The molecule has 0 N–H and O–H groups in total. The van der Waals surface area contributed by atoms with Gasteiger partial charge in [0.1, 0.15) is 0 Å². The molecule has 1 atom stereocenters. The molecule has 1 aromatic rings. The van der Waals surface area contributed by atoms with Gasteiger partial charge >= 0.3 is 0 Å². The summed E-state index contributed by atoms with van der Waals surface area (Å²) in [6, 6.07) is 10.2. The molecule has 16 heavy (non-hydrogen) atoms. The van der Waals surface area contributed by atoms with Gasteiger partial charge in [-0.05, 0) is 11.0 Å². The average molecular weight is 221 g/mol. The zero-order chi connectivity index (χ0) is 12.0. The lowest BCUT2D eigenvalue weighted by atomic mass is 9.83. The fourth-order valence-corrected chi connectivity index (χ4v) is 1.57. The van der Waals surface area contributed by atoms with Gasteiger partial charge in [0.15, 0.2) is 0 Å². The Bertz CT molecular complexity index is 328. The Kier molecular flexibility index (Phi) is 4.50. The van der Waals surface area contributed by atoms with Crippen molar-refractivity contribution in [2.24, 2.45) is 10.4 Å². The second-order valence-corrected chi connectivity index (χ2v) is 4.70. The van der Waals surface area contributed by atoms with Crippen molar-refractivity contribution >= 4 is 6.40 Å². The van der Waals surface area contributed by atoms with Crippen LogP contribution in [0.1, 0.15) is 32.4 Å². The van der Waals surface area contributed by atoms with Crippen molar-refractivity contribution in [3.05, 3.63) is 35.9 Å². The van der Waals surface area contributed by atoms with E-state index in [2.05, 4.69) is 47.7 Å². The highest BCUT2D eigenvalue weighted by molar-refractivity contribution is 5.46. The lowest BCUT2D eigenvalue weighted by Crippen LogP contribution is -2.17. The fourth-order valence-electron chi connectivity index (χ4n) is 1.57. The van der Waals surface area contributed by atoms with Crippen LogP contribution in [-0.2, 0) is 9.78 Å². The van der Waals surface area contributed by atoms with Gasteiger partial charge in [0, 0.05) is 0 Å². The Balaban J connectivity index is 2.89. The molecule has 0 fully saturated rings. The third-order valence-electron chi connectivity index (χ3n) is 2.28. The first-order chi connectivity index (χ1) is 7.55. The molecule has 3 nitrogen and oxygen atoms in total. The van der Waals surface area contributed by atoms with Crippen molar-refractivity contribution < 1.29 is 9.78 Å². The smallest absolute Gasteiger partial charge is 0.215 e. The minimum atomic E-state index is 0.0367. The Labute approximate surface area is 97.0 Å². The van der Waals surface area contributed by atoms with Gasteiger partial charge in [-0.2, -0.15) is 4.89 Å². The zero-order valence-corrected chi connectivity index (χ0v) is 10.3. The molecule has 0 aliphatic carbocycles. The molecule has 0 saturated heterocycles. The standard InChI is InChI=1S/C13H19NO2/c1-13(2,3)12(14-10-16-15-4)11-8-6-5-7-9-11/h5-10,12H,1-4H3/t12-/m0/s1. The van der Waals surface area contributed by atoms with Crippen molar-refractivity contribution in [1.29, 1.82) is 0 Å². The van der Waals surface area contributed by atoms with Crippen molar-refractivity contribution in [3.8, 4) is 0 Å². The largest absolute Gasteiger partial charge is 0.326 e. The second kappa shape index (κ2) is 5.66. The van der Waals surface area contributed by atoms with Crippen molar-refractivity contribution in [2.75, 3.05) is 7.11 Å². The normalized spacial score (nSPS) is 14.0. The van der Waals surface area contributed by atoms with Crippen LogP contribution in [0.5, 0.6) is 0 Å². The van der Waals surface area contributed by atoms with Crippen molar-refractivity contribution in [3.63, 3.8) is 0 Å². The van der Waals surface area contributed by atoms with Crippen LogP contribution in [-0.4, -0.2) is 13.5 Å². The molecule has 0 aliphatic heterocycles. The highest BCUT2D eigenvalue weighted by Gasteiger charge is 2.25. The second-order valence-electron chi connectivity index (χ2n) is 4.70. The quantitative estimate of drug-likeness (QED) is 0.338. The maximum absolute atomic E-state index is 4.69. The number of hydrogen-bond donors (Lipinski definition) is 0. The monoisotopic (exact) mass is 221 g/mol. The average Bonchev–Trinajstić information content (AvgIpc) is 2.24. The van der Waals surface area contributed by atoms with Crippen LogP contribution >= 0.6 is 0 Å². The predicted molar refractivity (Wildman–Crippen MR) is 65.2 cm³/mol. The molecule has 1 rings (SSSR count). The topological polar surface area (TPSA) is 30.8 Å². The van der Waals surface area contributed by atoms with Crippen LogP contribution in [0, 0.1) is 5.41 Å². The van der Waals surface area contributed by atoms with Crippen LogP contribution in [0.2, 0.25) is 0 Å². The summed E-state index contributed by atoms with van der Waals surface area (Å²) in [5.41, 5.74) is 1.21. The Morgan fingerprint density at radius 2 is 1.81 bits per heavy atom. The van der Waals surface area contributed by atoms with E-state index in [1.54, 1.807) is 0 Å². The van der Waals surface area contributed by atoms with Gasteiger partial charge in [-0.25, -0.2) is 4.99 Å². The van der Waals surface area contributed by atoms with E-state index in [0.29, 0.717) is 0 Å². The number of rotatable bonds is 4. The van der Waals surface area contributed by atoms with E-state index < -0.39 is 0 Å². The molecule has 3 heteroatoms. The fraction of sp³-hybridized carbons (Fsp3) is 0.462. The number of benzene rings is 1. The molecule has 0 saturated carbocycles.